The molecule has 0 amide bonds. The number of methoxy groups -OCH3 is 1. The molecule has 0 aromatic heterocycles. The third kappa shape index (κ3) is 11.5. The molecule has 32 heavy (non-hydrogen) atoms. The van der Waals surface area contributed by atoms with E-state index in [0.29, 0.717) is 0 Å². The first-order chi connectivity index (χ1) is 14.3. The molecule has 4 rings (SSSR count). The summed E-state index contributed by atoms with van der Waals surface area (Å²) in [4.78, 5) is 0. The summed E-state index contributed by atoms with van der Waals surface area (Å²) in [5.41, 5.74) is 2.57. The summed E-state index contributed by atoms with van der Waals surface area (Å²) < 4.78 is 9.47. The van der Waals surface area contributed by atoms with E-state index in [0.717, 1.165) is 0 Å². The molecule has 2 aliphatic carbocycles. The first kappa shape index (κ1) is 33.5. The maximum absolute atomic E-state index is 5.47. The zero-order valence-corrected chi connectivity index (χ0v) is 25.0. The van der Waals surface area contributed by atoms with E-state index in [2.05, 4.69) is 120 Å². The molecule has 0 radical (unpaired) electrons. The standard InChI is InChI=1S/C14H17O.2C6H7.C2H5O.2Zr/c1-13(8-4-5-9-13)12(15-3)14(2)10-6-7-11-14;2*1-6-4-2-3-5-6;1-3-2;;/h4-12H,3H2,1-2H3;2*2-5H,1H3;1H2,2H3;;/q4*-1;2*+4. The van der Waals surface area contributed by atoms with Gasteiger partial charge in [-0.2, -0.15) is 35.4 Å². The van der Waals surface area contributed by atoms with Crippen molar-refractivity contribution in [2.24, 2.45) is 10.8 Å². The number of hydrogen-bond acceptors (Lipinski definition) is 2. The van der Waals surface area contributed by atoms with Gasteiger partial charge >= 0.3 is 52.4 Å². The van der Waals surface area contributed by atoms with Crippen LogP contribution in [0.25, 0.3) is 0 Å². The molecule has 0 saturated carbocycles. The minimum absolute atomic E-state index is 0. The van der Waals surface area contributed by atoms with E-state index >= 15 is 0 Å². The summed E-state index contributed by atoms with van der Waals surface area (Å²) in [7, 11) is 8.13. The maximum atomic E-state index is 5.47. The zero-order valence-electron chi connectivity index (χ0n) is 20.0. The number of hydrogen-bond donors (Lipinski definition) is 0. The topological polar surface area (TPSA) is 18.5 Å². The molecule has 2 aromatic carbocycles. The molecule has 0 fully saturated rings. The van der Waals surface area contributed by atoms with Gasteiger partial charge in [0, 0.05) is 16.9 Å². The van der Waals surface area contributed by atoms with Gasteiger partial charge in [0.25, 0.3) is 0 Å². The van der Waals surface area contributed by atoms with E-state index in [1.54, 1.807) is 0 Å². The minimum Gasteiger partial charge on any atom is -0.557 e. The van der Waals surface area contributed by atoms with Crippen molar-refractivity contribution in [3.05, 3.63) is 122 Å². The third-order valence-corrected chi connectivity index (χ3v) is 5.00. The summed E-state index contributed by atoms with van der Waals surface area (Å²) in [6, 6.07) is 16.5. The summed E-state index contributed by atoms with van der Waals surface area (Å²) >= 11 is 0. The summed E-state index contributed by atoms with van der Waals surface area (Å²) in [5, 5.41) is 0. The molecular weight excluding hydrogens is 551 g/mol. The van der Waals surface area contributed by atoms with E-state index in [1.807, 2.05) is 24.3 Å². The second-order valence-corrected chi connectivity index (χ2v) is 7.93. The summed E-state index contributed by atoms with van der Waals surface area (Å²) in [5.74, 6) is 0. The number of rotatable bonds is 3. The van der Waals surface area contributed by atoms with Crippen LogP contribution in [0.15, 0.2) is 97.1 Å². The quantitative estimate of drug-likeness (QED) is 0.352. The molecule has 0 heterocycles. The Hall–Kier alpha value is -0.654. The number of aryl methyl sites for hydroxylation is 2. The van der Waals surface area contributed by atoms with Crippen molar-refractivity contribution < 1.29 is 61.9 Å². The monoisotopic (exact) mass is 584 g/mol. The van der Waals surface area contributed by atoms with Crippen LogP contribution in [0.5, 0.6) is 0 Å². The molecule has 164 valence electrons. The molecule has 0 saturated heterocycles. The van der Waals surface area contributed by atoms with Gasteiger partial charge in [-0.15, -0.1) is 0 Å². The van der Waals surface area contributed by atoms with Crippen molar-refractivity contribution in [1.82, 2.24) is 0 Å². The summed E-state index contributed by atoms with van der Waals surface area (Å²) in [6.07, 6.45) is 17.0. The molecule has 2 nitrogen and oxygen atoms in total. The molecule has 0 N–H and O–H groups in total. The third-order valence-electron chi connectivity index (χ3n) is 5.00. The molecule has 0 spiro atoms. The first-order valence-corrected chi connectivity index (χ1v) is 10.1. The van der Waals surface area contributed by atoms with Crippen LogP contribution in [0.2, 0.25) is 0 Å². The van der Waals surface area contributed by atoms with Crippen LogP contribution >= 0.6 is 0 Å². The summed E-state index contributed by atoms with van der Waals surface area (Å²) in [6.45, 7) is 8.52. The van der Waals surface area contributed by atoms with Crippen LogP contribution in [0.4, 0.5) is 0 Å². The van der Waals surface area contributed by atoms with Crippen LogP contribution in [-0.2, 0) is 61.9 Å². The minimum atomic E-state index is -0.0600. The fraction of sp³-hybridized carbons (Fsp3) is 0.286. The van der Waals surface area contributed by atoms with Crippen molar-refractivity contribution in [3.8, 4) is 0 Å². The Morgan fingerprint density at radius 1 is 0.656 bits per heavy atom. The zero-order chi connectivity index (χ0) is 22.5. The van der Waals surface area contributed by atoms with E-state index in [1.165, 1.54) is 18.2 Å². The predicted octanol–water partition coefficient (Wildman–Crippen LogP) is 7.28. The molecule has 0 atom stereocenters. The maximum Gasteiger partial charge on any atom is 4.00 e. The normalized spacial score (nSPS) is 15.4. The largest absolute Gasteiger partial charge is 4.00 e. The number of allylic oxidation sites excluding steroid dienone is 4. The molecule has 4 heteroatoms. The van der Waals surface area contributed by atoms with Gasteiger partial charge in [0.15, 0.2) is 0 Å². The van der Waals surface area contributed by atoms with E-state index < -0.39 is 0 Å². The molecule has 2 aromatic rings. The smallest absolute Gasteiger partial charge is 0.557 e. The number of ether oxygens (including phenoxy) is 2. The molecule has 2 aliphatic rings. The Bertz CT molecular complexity index is 706. The van der Waals surface area contributed by atoms with Crippen LogP contribution in [-0.4, -0.2) is 13.2 Å². The van der Waals surface area contributed by atoms with Gasteiger partial charge < -0.3 is 9.47 Å². The van der Waals surface area contributed by atoms with Crippen LogP contribution < -0.4 is 0 Å². The SMILES string of the molecule is C[c-]1cccc1.C[c-]1cccc1.[CH2-]OC.[CH2-]OC(C1(C)C=CC=C1)C1(C)C=CC=C1.[Zr+4].[Zr+4]. The van der Waals surface area contributed by atoms with Gasteiger partial charge in [-0.25, -0.2) is 38.5 Å². The van der Waals surface area contributed by atoms with Gasteiger partial charge in [0.2, 0.25) is 0 Å². The van der Waals surface area contributed by atoms with Crippen LogP contribution in [0.1, 0.15) is 25.0 Å². The Morgan fingerprint density at radius 3 is 1.06 bits per heavy atom. The second kappa shape index (κ2) is 17.8. The fourth-order valence-corrected chi connectivity index (χ4v) is 3.48. The molecular formula is C28H36O2Zr2+4. The molecule has 0 aliphatic heterocycles. The Labute approximate surface area is 234 Å². The van der Waals surface area contributed by atoms with Gasteiger partial charge in [-0.05, 0) is 7.11 Å². The van der Waals surface area contributed by atoms with Crippen molar-refractivity contribution in [2.75, 3.05) is 7.11 Å². The Balaban J connectivity index is 0. The van der Waals surface area contributed by atoms with Crippen molar-refractivity contribution in [3.63, 3.8) is 0 Å². The van der Waals surface area contributed by atoms with Crippen LogP contribution in [0, 0.1) is 38.9 Å². The second-order valence-electron chi connectivity index (χ2n) is 7.93. The van der Waals surface area contributed by atoms with Gasteiger partial charge in [-0.1, -0.05) is 76.3 Å². The van der Waals surface area contributed by atoms with Gasteiger partial charge in [0.1, 0.15) is 0 Å². The fourth-order valence-electron chi connectivity index (χ4n) is 3.48. The molecule has 0 bridgehead atoms. The average molecular weight is 587 g/mol. The Kier molecular flexibility index (Phi) is 18.6. The Morgan fingerprint density at radius 2 is 0.906 bits per heavy atom. The predicted molar refractivity (Wildman–Crippen MR) is 129 cm³/mol. The molecule has 0 unspecified atom stereocenters. The van der Waals surface area contributed by atoms with E-state index in [-0.39, 0.29) is 69.3 Å². The van der Waals surface area contributed by atoms with E-state index in [9.17, 15) is 0 Å². The van der Waals surface area contributed by atoms with Crippen molar-refractivity contribution in [2.45, 2.75) is 33.8 Å². The van der Waals surface area contributed by atoms with Crippen molar-refractivity contribution >= 4 is 0 Å². The van der Waals surface area contributed by atoms with E-state index in [4.69, 9.17) is 4.74 Å². The first-order valence-electron chi connectivity index (χ1n) is 10.1. The van der Waals surface area contributed by atoms with Crippen LogP contribution in [0.3, 0.4) is 0 Å². The van der Waals surface area contributed by atoms with Crippen molar-refractivity contribution in [1.29, 1.82) is 0 Å². The van der Waals surface area contributed by atoms with Gasteiger partial charge in [0.05, 0.1) is 0 Å². The van der Waals surface area contributed by atoms with Gasteiger partial charge in [-0.3, -0.25) is 0 Å². The average Bonchev–Trinajstić information content (AvgIpc) is 3.49.